The number of aliphatic hydroxyl groups excluding tert-OH is 11. The largest absolute Gasteiger partial charge is 0.394 e. The minimum absolute atomic E-state index is 0.235. The van der Waals surface area contributed by atoms with Gasteiger partial charge >= 0.3 is 0 Å². The number of aliphatic hydroxyl groups is 11. The van der Waals surface area contributed by atoms with Crippen LogP contribution in [0.4, 0.5) is 0 Å². The number of hydrogen-bond donors (Lipinski definition) is 12. The van der Waals surface area contributed by atoms with E-state index in [1.807, 2.05) is 6.08 Å². The monoisotopic (exact) mass is 1150 g/mol. The van der Waals surface area contributed by atoms with Crippen LogP contribution < -0.4 is 5.32 Å². The Hall–Kier alpha value is -1.73. The Labute approximate surface area is 479 Å². The van der Waals surface area contributed by atoms with Gasteiger partial charge in [-0.25, -0.2) is 0 Å². The summed E-state index contributed by atoms with van der Waals surface area (Å²) in [5, 5.41) is 120. The van der Waals surface area contributed by atoms with E-state index in [-0.39, 0.29) is 18.9 Å². The van der Waals surface area contributed by atoms with Crippen molar-refractivity contribution in [2.75, 3.05) is 26.4 Å². The Kier molecular flexibility index (Phi) is 40.5. The molecule has 0 aromatic heterocycles. The molecule has 3 saturated heterocycles. The lowest BCUT2D eigenvalue weighted by Gasteiger charge is -2.48. The van der Waals surface area contributed by atoms with Gasteiger partial charge in [0.15, 0.2) is 18.9 Å². The molecule has 19 heteroatoms. The molecule has 17 unspecified atom stereocenters. The van der Waals surface area contributed by atoms with Gasteiger partial charge in [0.1, 0.15) is 73.2 Å². The second-order valence-corrected chi connectivity index (χ2v) is 22.9. The van der Waals surface area contributed by atoms with Crippen molar-refractivity contribution in [1.82, 2.24) is 5.32 Å². The molecule has 0 aromatic carbocycles. The Bertz CT molecular complexity index is 1560. The number of amides is 1. The fraction of sp³-hybridized carbons (Fsp3) is 0.918. The molecular formula is C61H113NO18. The third-order valence-corrected chi connectivity index (χ3v) is 16.0. The highest BCUT2D eigenvalue weighted by Crippen LogP contribution is 2.33. The number of hydrogen-bond acceptors (Lipinski definition) is 18. The molecule has 3 aliphatic rings. The highest BCUT2D eigenvalue weighted by molar-refractivity contribution is 5.76. The summed E-state index contributed by atoms with van der Waals surface area (Å²) in [6, 6.07) is -0.974. The maximum atomic E-state index is 13.3. The molecule has 80 heavy (non-hydrogen) atoms. The van der Waals surface area contributed by atoms with Gasteiger partial charge in [0.2, 0.25) is 5.91 Å². The van der Waals surface area contributed by atoms with Gasteiger partial charge in [0.25, 0.3) is 0 Å². The molecule has 0 aromatic rings. The summed E-state index contributed by atoms with van der Waals surface area (Å²) in [6.45, 7) is 1.71. The van der Waals surface area contributed by atoms with E-state index < -0.39 is 124 Å². The van der Waals surface area contributed by atoms with Crippen molar-refractivity contribution in [2.24, 2.45) is 0 Å². The molecule has 0 aliphatic carbocycles. The number of allylic oxidation sites excluding steroid dienone is 3. The third kappa shape index (κ3) is 28.0. The van der Waals surface area contributed by atoms with Gasteiger partial charge in [0, 0.05) is 6.42 Å². The molecule has 3 aliphatic heterocycles. The maximum absolute atomic E-state index is 13.3. The third-order valence-electron chi connectivity index (χ3n) is 16.0. The van der Waals surface area contributed by atoms with E-state index in [9.17, 15) is 61.0 Å². The van der Waals surface area contributed by atoms with Gasteiger partial charge in [-0.1, -0.05) is 199 Å². The van der Waals surface area contributed by atoms with E-state index in [1.54, 1.807) is 6.08 Å². The number of ether oxygens (including phenoxy) is 6. The quantitative estimate of drug-likeness (QED) is 0.0234. The first kappa shape index (κ1) is 72.5. The first-order valence-corrected chi connectivity index (χ1v) is 31.6. The topological polar surface area (TPSA) is 307 Å². The number of unbranched alkanes of at least 4 members (excludes halogenated alkanes) is 29. The Balaban J connectivity index is 1.48. The Morgan fingerprint density at radius 2 is 0.787 bits per heavy atom. The van der Waals surface area contributed by atoms with Crippen molar-refractivity contribution in [3.63, 3.8) is 0 Å². The first-order valence-electron chi connectivity index (χ1n) is 31.6. The summed E-state index contributed by atoms with van der Waals surface area (Å²) in [7, 11) is 0. The SMILES string of the molecule is CCCCCC/C=C\CCCCCCCC(=O)NC(COC1OC(CO)C(OC2OC(CO)C(OC3OC(CO)C(O)C(O)C3O)C(O)C2O)C(O)C1O)C(O)/C=C/CCCCCCCCCCCCCCCCCCCCCC. The van der Waals surface area contributed by atoms with Gasteiger partial charge in [-0.15, -0.1) is 0 Å². The summed E-state index contributed by atoms with van der Waals surface area (Å²) in [5.74, 6) is -0.284. The fourth-order valence-corrected chi connectivity index (χ4v) is 10.8. The van der Waals surface area contributed by atoms with Crippen LogP contribution in [0.2, 0.25) is 0 Å². The van der Waals surface area contributed by atoms with Crippen molar-refractivity contribution in [1.29, 1.82) is 0 Å². The van der Waals surface area contributed by atoms with Crippen LogP contribution in [0.25, 0.3) is 0 Å². The molecule has 12 N–H and O–H groups in total. The molecule has 0 saturated carbocycles. The van der Waals surface area contributed by atoms with Crippen LogP contribution >= 0.6 is 0 Å². The van der Waals surface area contributed by atoms with Crippen molar-refractivity contribution >= 4 is 5.91 Å². The highest BCUT2D eigenvalue weighted by atomic mass is 16.8. The van der Waals surface area contributed by atoms with Gasteiger partial charge in [-0.2, -0.15) is 0 Å². The molecule has 3 heterocycles. The van der Waals surface area contributed by atoms with E-state index in [0.717, 1.165) is 64.2 Å². The van der Waals surface area contributed by atoms with Crippen LogP contribution in [-0.2, 0) is 33.2 Å². The van der Waals surface area contributed by atoms with Crippen LogP contribution in [0.15, 0.2) is 24.3 Å². The minimum Gasteiger partial charge on any atom is -0.394 e. The smallest absolute Gasteiger partial charge is 0.220 e. The molecule has 0 bridgehead atoms. The zero-order valence-electron chi connectivity index (χ0n) is 49.1. The lowest BCUT2D eigenvalue weighted by molar-refractivity contribution is -0.379. The molecule has 0 radical (unpaired) electrons. The Morgan fingerprint density at radius 3 is 1.23 bits per heavy atom. The van der Waals surface area contributed by atoms with Crippen LogP contribution in [0.3, 0.4) is 0 Å². The Morgan fingerprint density at radius 1 is 0.438 bits per heavy atom. The predicted octanol–water partition coefficient (Wildman–Crippen LogP) is 6.32. The second-order valence-electron chi connectivity index (χ2n) is 22.9. The minimum atomic E-state index is -1.98. The van der Waals surface area contributed by atoms with Crippen molar-refractivity contribution in [3.05, 3.63) is 24.3 Å². The molecule has 470 valence electrons. The molecule has 17 atom stereocenters. The lowest BCUT2D eigenvalue weighted by Crippen LogP contribution is -2.66. The van der Waals surface area contributed by atoms with Crippen molar-refractivity contribution < 1.29 is 89.4 Å². The van der Waals surface area contributed by atoms with Gasteiger partial charge in [-0.3, -0.25) is 4.79 Å². The molecule has 1 amide bonds. The summed E-state index contributed by atoms with van der Waals surface area (Å²) < 4.78 is 34.3. The van der Waals surface area contributed by atoms with Gasteiger partial charge in [-0.05, 0) is 44.9 Å². The summed E-state index contributed by atoms with van der Waals surface area (Å²) >= 11 is 0. The molecule has 3 rings (SSSR count). The van der Waals surface area contributed by atoms with Crippen LogP contribution in [0.5, 0.6) is 0 Å². The number of nitrogens with one attached hydrogen (secondary N) is 1. The first-order chi connectivity index (χ1) is 38.8. The fourth-order valence-electron chi connectivity index (χ4n) is 10.8. The molecule has 19 nitrogen and oxygen atoms in total. The second kappa shape index (κ2) is 44.7. The normalized spacial score (nSPS) is 30.1. The van der Waals surface area contributed by atoms with Crippen molar-refractivity contribution in [3.8, 4) is 0 Å². The van der Waals surface area contributed by atoms with E-state index in [0.29, 0.717) is 6.42 Å². The van der Waals surface area contributed by atoms with Crippen LogP contribution in [0.1, 0.15) is 226 Å². The molecule has 3 fully saturated rings. The number of carbonyl (C=O) groups is 1. The number of rotatable bonds is 47. The standard InChI is InChI=1S/C61H113NO18/c1-3-5-7-9-11-13-15-17-18-19-20-21-22-23-24-25-27-28-30-32-34-36-38-45(66)44(62-49(67)39-37-35-33-31-29-26-16-14-12-10-8-6-4-2)43-75-59-55(73)52(70)57(47(41-64)77-59)80-61-56(74)53(71)58(48(42-65)78-61)79-60-54(72)51(69)50(68)46(40-63)76-60/h14,16,36,38,44-48,50-61,63-66,68-74H,3-13,15,17-35,37,39-43H2,1-2H3,(H,62,67)/b16-14-,38-36+. The molecular weight excluding hydrogens is 1030 g/mol. The summed E-state index contributed by atoms with van der Waals surface area (Å²) in [5.41, 5.74) is 0. The van der Waals surface area contributed by atoms with Gasteiger partial charge in [0.05, 0.1) is 38.6 Å². The zero-order valence-corrected chi connectivity index (χ0v) is 49.1. The van der Waals surface area contributed by atoms with Gasteiger partial charge < -0.3 is 89.9 Å². The van der Waals surface area contributed by atoms with E-state index in [1.165, 1.54) is 135 Å². The zero-order chi connectivity index (χ0) is 58.3. The van der Waals surface area contributed by atoms with Crippen LogP contribution in [0, 0.1) is 0 Å². The van der Waals surface area contributed by atoms with Crippen molar-refractivity contribution in [2.45, 2.75) is 330 Å². The maximum Gasteiger partial charge on any atom is 0.220 e. The lowest BCUT2D eigenvalue weighted by atomic mass is 9.96. The van der Waals surface area contributed by atoms with E-state index in [2.05, 4.69) is 31.3 Å². The average Bonchev–Trinajstić information content (AvgIpc) is 3.46. The summed E-state index contributed by atoms with van der Waals surface area (Å²) in [4.78, 5) is 13.3. The number of carbonyl (C=O) groups excluding carboxylic acids is 1. The molecule has 0 spiro atoms. The van der Waals surface area contributed by atoms with E-state index in [4.69, 9.17) is 28.4 Å². The highest BCUT2D eigenvalue weighted by Gasteiger charge is 2.53. The summed E-state index contributed by atoms with van der Waals surface area (Å²) in [6.07, 6.45) is 20.2. The predicted molar refractivity (Wildman–Crippen MR) is 305 cm³/mol. The van der Waals surface area contributed by atoms with E-state index >= 15 is 0 Å². The van der Waals surface area contributed by atoms with Crippen LogP contribution in [-0.4, -0.2) is 193 Å². The average molecular weight is 1150 g/mol.